The van der Waals surface area contributed by atoms with E-state index in [9.17, 15) is 13.2 Å². The van der Waals surface area contributed by atoms with Gasteiger partial charge >= 0.3 is 6.18 Å². The number of halogens is 3. The van der Waals surface area contributed by atoms with E-state index in [2.05, 4.69) is 10.2 Å². The first kappa shape index (κ1) is 9.91. The minimum Gasteiger partial charge on any atom is -0.324 e. The fraction of sp³-hybridized carbons (Fsp3) is 0.250. The van der Waals surface area contributed by atoms with Crippen molar-refractivity contribution in [3.8, 4) is 0 Å². The summed E-state index contributed by atoms with van der Waals surface area (Å²) in [6, 6.07) is 2.22. The molecule has 2 rings (SSSR count). The zero-order valence-electron chi connectivity index (χ0n) is 7.49. The lowest BCUT2D eigenvalue weighted by atomic mass is 10.3. The molecule has 0 bridgehead atoms. The Hall–Kier alpha value is -1.63. The molecule has 0 aliphatic carbocycles. The molecule has 4 nitrogen and oxygen atoms in total. The summed E-state index contributed by atoms with van der Waals surface area (Å²) >= 11 is 0. The quantitative estimate of drug-likeness (QED) is 0.779. The van der Waals surface area contributed by atoms with Crippen molar-refractivity contribution in [1.29, 1.82) is 0 Å². The minimum atomic E-state index is -4.37. The van der Waals surface area contributed by atoms with Crippen molar-refractivity contribution in [1.82, 2.24) is 14.6 Å². The first-order valence-corrected chi connectivity index (χ1v) is 4.13. The fourth-order valence-electron chi connectivity index (χ4n) is 1.25. The van der Waals surface area contributed by atoms with Gasteiger partial charge in [0.15, 0.2) is 11.5 Å². The van der Waals surface area contributed by atoms with Gasteiger partial charge in [-0.25, -0.2) is 0 Å². The van der Waals surface area contributed by atoms with Crippen LogP contribution in [0.5, 0.6) is 0 Å². The van der Waals surface area contributed by atoms with Crippen LogP contribution in [0.4, 0.5) is 13.2 Å². The van der Waals surface area contributed by atoms with Gasteiger partial charge in [-0.15, -0.1) is 10.2 Å². The zero-order chi connectivity index (χ0) is 11.1. The Morgan fingerprint density at radius 2 is 2.00 bits per heavy atom. The van der Waals surface area contributed by atoms with Gasteiger partial charge in [0.05, 0.1) is 12.1 Å². The number of fused-ring (bicyclic) bond motifs is 1. The Morgan fingerprint density at radius 1 is 1.27 bits per heavy atom. The van der Waals surface area contributed by atoms with E-state index in [4.69, 9.17) is 5.73 Å². The summed E-state index contributed by atoms with van der Waals surface area (Å²) in [5.41, 5.74) is 4.92. The summed E-state index contributed by atoms with van der Waals surface area (Å²) < 4.78 is 38.4. The van der Waals surface area contributed by atoms with Crippen molar-refractivity contribution < 1.29 is 13.2 Å². The molecule has 2 aromatic heterocycles. The molecule has 0 aliphatic rings. The summed E-state index contributed by atoms with van der Waals surface area (Å²) in [5, 5.41) is 7.34. The number of nitrogens with zero attached hydrogens (tertiary/aromatic N) is 3. The molecule has 0 aliphatic heterocycles. The molecule has 0 atom stereocenters. The third-order valence-corrected chi connectivity index (χ3v) is 1.98. The Labute approximate surface area is 82.5 Å². The number of rotatable bonds is 1. The smallest absolute Gasteiger partial charge is 0.324 e. The molecule has 15 heavy (non-hydrogen) atoms. The topological polar surface area (TPSA) is 56.2 Å². The molecule has 0 spiro atoms. The van der Waals surface area contributed by atoms with Crippen molar-refractivity contribution >= 4 is 5.65 Å². The summed E-state index contributed by atoms with van der Waals surface area (Å²) in [4.78, 5) is 0. The van der Waals surface area contributed by atoms with Crippen LogP contribution in [0, 0.1) is 0 Å². The number of hydrogen-bond donors (Lipinski definition) is 1. The molecule has 2 aromatic rings. The van der Waals surface area contributed by atoms with E-state index in [1.807, 2.05) is 0 Å². The number of pyridine rings is 1. The van der Waals surface area contributed by atoms with Gasteiger partial charge in [0.1, 0.15) is 0 Å². The third kappa shape index (κ3) is 1.65. The molecule has 0 saturated carbocycles. The van der Waals surface area contributed by atoms with Crippen LogP contribution in [0.15, 0.2) is 18.3 Å². The largest absolute Gasteiger partial charge is 0.417 e. The Bertz CT molecular complexity index is 488. The van der Waals surface area contributed by atoms with Gasteiger partial charge < -0.3 is 5.73 Å². The maximum atomic E-state index is 12.4. The normalized spacial score (nSPS) is 12.3. The molecule has 0 fully saturated rings. The molecule has 7 heteroatoms. The molecule has 0 unspecified atom stereocenters. The first-order chi connectivity index (χ1) is 7.02. The van der Waals surface area contributed by atoms with Crippen molar-refractivity contribution in [2.75, 3.05) is 0 Å². The van der Waals surface area contributed by atoms with E-state index in [1.54, 1.807) is 0 Å². The molecule has 0 radical (unpaired) electrons. The van der Waals surface area contributed by atoms with E-state index in [0.29, 0.717) is 11.5 Å². The average Bonchev–Trinajstić information content (AvgIpc) is 2.57. The van der Waals surface area contributed by atoms with Crippen LogP contribution in [0.2, 0.25) is 0 Å². The van der Waals surface area contributed by atoms with Crippen molar-refractivity contribution in [3.05, 3.63) is 29.7 Å². The number of nitrogens with two attached hydrogens (primary N) is 1. The molecule has 80 valence electrons. The standard InChI is InChI=1S/C8H7F3N4/c9-8(10,11)5-1-2-6-13-14-7(3-12)15(6)4-5/h1-2,4H,3,12H2. The predicted octanol–water partition coefficient (Wildman–Crippen LogP) is 1.21. The van der Waals surface area contributed by atoms with Crippen LogP contribution in [-0.4, -0.2) is 14.6 Å². The van der Waals surface area contributed by atoms with Gasteiger partial charge in [-0.3, -0.25) is 4.40 Å². The SMILES string of the molecule is NCc1nnc2ccc(C(F)(F)F)cn12. The molecular formula is C8H7F3N4. The van der Waals surface area contributed by atoms with Crippen LogP contribution in [0.3, 0.4) is 0 Å². The summed E-state index contributed by atoms with van der Waals surface area (Å²) in [7, 11) is 0. The van der Waals surface area contributed by atoms with Crippen LogP contribution in [0.1, 0.15) is 11.4 Å². The number of alkyl halides is 3. The molecular weight excluding hydrogens is 209 g/mol. The average molecular weight is 216 g/mol. The van der Waals surface area contributed by atoms with Crippen molar-refractivity contribution in [2.45, 2.75) is 12.7 Å². The minimum absolute atomic E-state index is 0.0441. The highest BCUT2D eigenvalue weighted by Crippen LogP contribution is 2.29. The van der Waals surface area contributed by atoms with E-state index < -0.39 is 11.7 Å². The van der Waals surface area contributed by atoms with E-state index in [-0.39, 0.29) is 6.54 Å². The van der Waals surface area contributed by atoms with Gasteiger partial charge in [-0.05, 0) is 12.1 Å². The fourth-order valence-corrected chi connectivity index (χ4v) is 1.25. The lowest BCUT2D eigenvalue weighted by molar-refractivity contribution is -0.137. The molecule has 2 N–H and O–H groups in total. The second-order valence-electron chi connectivity index (χ2n) is 2.96. The highest BCUT2D eigenvalue weighted by atomic mass is 19.4. The van der Waals surface area contributed by atoms with Gasteiger partial charge in [0.2, 0.25) is 0 Å². The molecule has 0 amide bonds. The van der Waals surface area contributed by atoms with Crippen LogP contribution in [0.25, 0.3) is 5.65 Å². The highest BCUT2D eigenvalue weighted by Gasteiger charge is 2.31. The van der Waals surface area contributed by atoms with E-state index in [1.165, 1.54) is 10.5 Å². The zero-order valence-corrected chi connectivity index (χ0v) is 7.49. The van der Waals surface area contributed by atoms with Crippen LogP contribution < -0.4 is 5.73 Å². The monoisotopic (exact) mass is 216 g/mol. The molecule has 0 saturated heterocycles. The van der Waals surface area contributed by atoms with Crippen LogP contribution in [-0.2, 0) is 12.7 Å². The van der Waals surface area contributed by atoms with Crippen molar-refractivity contribution in [2.24, 2.45) is 5.73 Å². The Kier molecular flexibility index (Phi) is 2.11. The highest BCUT2D eigenvalue weighted by molar-refractivity contribution is 5.40. The van der Waals surface area contributed by atoms with Gasteiger partial charge in [-0.2, -0.15) is 13.2 Å². The molecule has 2 heterocycles. The third-order valence-electron chi connectivity index (χ3n) is 1.98. The van der Waals surface area contributed by atoms with Crippen LogP contribution >= 0.6 is 0 Å². The van der Waals surface area contributed by atoms with Crippen molar-refractivity contribution in [3.63, 3.8) is 0 Å². The molecule has 0 aromatic carbocycles. The predicted molar refractivity (Wildman–Crippen MR) is 45.9 cm³/mol. The van der Waals surface area contributed by atoms with Gasteiger partial charge in [0, 0.05) is 6.20 Å². The number of hydrogen-bond acceptors (Lipinski definition) is 3. The summed E-state index contributed by atoms with van der Waals surface area (Å²) in [5.74, 6) is 0.302. The Balaban J connectivity index is 2.63. The lowest BCUT2D eigenvalue weighted by Crippen LogP contribution is -2.08. The van der Waals surface area contributed by atoms with E-state index >= 15 is 0 Å². The maximum absolute atomic E-state index is 12.4. The summed E-state index contributed by atoms with van der Waals surface area (Å²) in [6.45, 7) is 0.0441. The maximum Gasteiger partial charge on any atom is 0.417 e. The van der Waals surface area contributed by atoms with Gasteiger partial charge in [-0.1, -0.05) is 0 Å². The first-order valence-electron chi connectivity index (χ1n) is 4.13. The van der Waals surface area contributed by atoms with E-state index in [0.717, 1.165) is 12.3 Å². The van der Waals surface area contributed by atoms with Gasteiger partial charge in [0.25, 0.3) is 0 Å². The summed E-state index contributed by atoms with van der Waals surface area (Å²) in [6.07, 6.45) is -3.43. The lowest BCUT2D eigenvalue weighted by Gasteiger charge is -2.06. The number of aromatic nitrogens is 3. The second kappa shape index (κ2) is 3.20. The Morgan fingerprint density at radius 3 is 2.60 bits per heavy atom. The second-order valence-corrected chi connectivity index (χ2v) is 2.96.